The zero-order valence-electron chi connectivity index (χ0n) is 16.0. The molecule has 0 aliphatic rings. The van der Waals surface area contributed by atoms with Crippen LogP contribution in [0.4, 0.5) is 4.39 Å². The van der Waals surface area contributed by atoms with Gasteiger partial charge in [0.2, 0.25) is 0 Å². The third kappa shape index (κ3) is 5.09. The van der Waals surface area contributed by atoms with E-state index in [0.29, 0.717) is 5.56 Å². The second kappa shape index (κ2) is 9.80. The highest BCUT2D eigenvalue weighted by atomic mass is 32.1. The summed E-state index contributed by atoms with van der Waals surface area (Å²) in [7, 11) is 1.21. The molecule has 0 saturated heterocycles. The van der Waals surface area contributed by atoms with Gasteiger partial charge in [-0.1, -0.05) is 30.3 Å². The predicted octanol–water partition coefficient (Wildman–Crippen LogP) is 3.74. The number of ether oxygens (including phenoxy) is 2. The minimum Gasteiger partial charge on any atom is -0.465 e. The molecule has 154 valence electrons. The molecule has 1 atom stereocenters. The van der Waals surface area contributed by atoms with Gasteiger partial charge in [-0.3, -0.25) is 4.79 Å². The molecule has 0 fully saturated rings. The molecule has 0 aliphatic heterocycles. The van der Waals surface area contributed by atoms with E-state index in [-0.39, 0.29) is 16.9 Å². The van der Waals surface area contributed by atoms with Gasteiger partial charge < -0.3 is 14.8 Å². The number of carbonyl (C=O) groups is 3. The van der Waals surface area contributed by atoms with Gasteiger partial charge in [-0.25, -0.2) is 14.0 Å². The SMILES string of the molecule is COC(=O)c1ccccc1C(=O)OCC(=O)NC(c1ccc(F)cc1)c1cccs1. The molecule has 0 saturated carbocycles. The first-order valence-electron chi connectivity index (χ1n) is 8.92. The minimum atomic E-state index is -0.819. The summed E-state index contributed by atoms with van der Waals surface area (Å²) in [5.41, 5.74) is 0.744. The van der Waals surface area contributed by atoms with Crippen molar-refractivity contribution >= 4 is 29.2 Å². The number of benzene rings is 2. The Labute approximate surface area is 176 Å². The van der Waals surface area contributed by atoms with Crippen LogP contribution in [-0.4, -0.2) is 31.6 Å². The number of halogens is 1. The van der Waals surface area contributed by atoms with Gasteiger partial charge in [0.1, 0.15) is 5.82 Å². The zero-order chi connectivity index (χ0) is 21.5. The highest BCUT2D eigenvalue weighted by Crippen LogP contribution is 2.26. The summed E-state index contributed by atoms with van der Waals surface area (Å²) >= 11 is 1.43. The van der Waals surface area contributed by atoms with Gasteiger partial charge in [-0.2, -0.15) is 0 Å². The molecular formula is C22H18FNO5S. The van der Waals surface area contributed by atoms with Crippen LogP contribution in [0.1, 0.15) is 37.2 Å². The van der Waals surface area contributed by atoms with Crippen LogP contribution >= 0.6 is 11.3 Å². The molecule has 1 heterocycles. The third-order valence-electron chi connectivity index (χ3n) is 4.22. The number of hydrogen-bond acceptors (Lipinski definition) is 6. The molecule has 30 heavy (non-hydrogen) atoms. The van der Waals surface area contributed by atoms with Crippen molar-refractivity contribution in [2.75, 3.05) is 13.7 Å². The fraction of sp³-hybridized carbons (Fsp3) is 0.136. The van der Waals surface area contributed by atoms with Crippen LogP contribution in [0.2, 0.25) is 0 Å². The topological polar surface area (TPSA) is 81.7 Å². The number of methoxy groups -OCH3 is 1. The zero-order valence-corrected chi connectivity index (χ0v) is 16.8. The number of thiophene rings is 1. The van der Waals surface area contributed by atoms with Crippen LogP contribution in [0.15, 0.2) is 66.0 Å². The number of esters is 2. The lowest BCUT2D eigenvalue weighted by atomic mass is 10.1. The Bertz CT molecular complexity index is 1030. The van der Waals surface area contributed by atoms with Crippen LogP contribution in [0.25, 0.3) is 0 Å². The maximum atomic E-state index is 13.3. The average molecular weight is 427 g/mol. The van der Waals surface area contributed by atoms with Crippen molar-refractivity contribution in [2.45, 2.75) is 6.04 Å². The number of nitrogens with one attached hydrogen (secondary N) is 1. The van der Waals surface area contributed by atoms with Gasteiger partial charge in [-0.15, -0.1) is 11.3 Å². The summed E-state index contributed by atoms with van der Waals surface area (Å²) in [4.78, 5) is 37.5. The van der Waals surface area contributed by atoms with Crippen molar-refractivity contribution in [3.63, 3.8) is 0 Å². The smallest absolute Gasteiger partial charge is 0.339 e. The molecule has 1 unspecified atom stereocenters. The monoisotopic (exact) mass is 427 g/mol. The fourth-order valence-electron chi connectivity index (χ4n) is 2.79. The van der Waals surface area contributed by atoms with E-state index in [1.165, 1.54) is 42.7 Å². The summed E-state index contributed by atoms with van der Waals surface area (Å²) in [6.07, 6.45) is 0. The number of amides is 1. The molecule has 0 spiro atoms. The number of carbonyl (C=O) groups excluding carboxylic acids is 3. The van der Waals surface area contributed by atoms with E-state index < -0.39 is 30.5 Å². The van der Waals surface area contributed by atoms with Crippen LogP contribution in [0, 0.1) is 5.82 Å². The maximum absolute atomic E-state index is 13.3. The highest BCUT2D eigenvalue weighted by molar-refractivity contribution is 7.10. The molecule has 1 aromatic heterocycles. The van der Waals surface area contributed by atoms with Crippen molar-refractivity contribution < 1.29 is 28.2 Å². The van der Waals surface area contributed by atoms with Crippen LogP contribution in [-0.2, 0) is 14.3 Å². The lowest BCUT2D eigenvalue weighted by Crippen LogP contribution is -2.33. The van der Waals surface area contributed by atoms with E-state index in [2.05, 4.69) is 10.1 Å². The lowest BCUT2D eigenvalue weighted by molar-refractivity contribution is -0.124. The van der Waals surface area contributed by atoms with Gasteiger partial charge in [0, 0.05) is 4.88 Å². The van der Waals surface area contributed by atoms with Crippen molar-refractivity contribution in [3.05, 3.63) is 93.4 Å². The van der Waals surface area contributed by atoms with Crippen LogP contribution in [0.3, 0.4) is 0 Å². The number of rotatable bonds is 7. The first-order chi connectivity index (χ1) is 14.5. The molecule has 0 radical (unpaired) electrons. The second-order valence-corrected chi connectivity index (χ2v) is 7.16. The number of hydrogen-bond donors (Lipinski definition) is 1. The Morgan fingerprint density at radius 3 is 2.23 bits per heavy atom. The summed E-state index contributed by atoms with van der Waals surface area (Å²) in [5, 5.41) is 4.65. The van der Waals surface area contributed by atoms with Crippen molar-refractivity contribution in [3.8, 4) is 0 Å². The molecule has 3 aromatic rings. The Hall–Kier alpha value is -3.52. The fourth-order valence-corrected chi connectivity index (χ4v) is 3.59. The molecule has 3 rings (SSSR count). The average Bonchev–Trinajstić information content (AvgIpc) is 3.30. The van der Waals surface area contributed by atoms with E-state index in [4.69, 9.17) is 4.74 Å². The Balaban J connectivity index is 1.69. The summed E-state index contributed by atoms with van der Waals surface area (Å²) in [5.74, 6) is -2.42. The van der Waals surface area contributed by atoms with Crippen molar-refractivity contribution in [2.24, 2.45) is 0 Å². The summed E-state index contributed by atoms with van der Waals surface area (Å²) in [6, 6.07) is 15.0. The van der Waals surface area contributed by atoms with Gasteiger partial charge in [-0.05, 0) is 41.3 Å². The van der Waals surface area contributed by atoms with Crippen LogP contribution < -0.4 is 5.32 Å². The highest BCUT2D eigenvalue weighted by Gasteiger charge is 2.21. The van der Waals surface area contributed by atoms with E-state index >= 15 is 0 Å². The van der Waals surface area contributed by atoms with Gasteiger partial charge in [0.25, 0.3) is 5.91 Å². The Kier molecular flexibility index (Phi) is 6.92. The normalized spacial score (nSPS) is 11.4. The first-order valence-corrected chi connectivity index (χ1v) is 9.80. The van der Waals surface area contributed by atoms with Gasteiger partial charge in [0.15, 0.2) is 6.61 Å². The molecule has 8 heteroatoms. The lowest BCUT2D eigenvalue weighted by Gasteiger charge is -2.18. The van der Waals surface area contributed by atoms with E-state index in [1.807, 2.05) is 17.5 Å². The van der Waals surface area contributed by atoms with Crippen molar-refractivity contribution in [1.82, 2.24) is 5.32 Å². The molecular weight excluding hydrogens is 409 g/mol. The summed E-state index contributed by atoms with van der Waals surface area (Å²) in [6.45, 7) is -0.544. The minimum absolute atomic E-state index is 0.00508. The largest absolute Gasteiger partial charge is 0.465 e. The molecule has 1 amide bonds. The van der Waals surface area contributed by atoms with Crippen LogP contribution in [0.5, 0.6) is 0 Å². The molecule has 0 bridgehead atoms. The maximum Gasteiger partial charge on any atom is 0.339 e. The van der Waals surface area contributed by atoms with E-state index in [9.17, 15) is 18.8 Å². The van der Waals surface area contributed by atoms with E-state index in [0.717, 1.165) is 4.88 Å². The van der Waals surface area contributed by atoms with Crippen molar-refractivity contribution in [1.29, 1.82) is 0 Å². The Morgan fingerprint density at radius 1 is 0.967 bits per heavy atom. The quantitative estimate of drug-likeness (QED) is 0.581. The third-order valence-corrected chi connectivity index (χ3v) is 5.16. The van der Waals surface area contributed by atoms with Gasteiger partial charge >= 0.3 is 11.9 Å². The molecule has 1 N–H and O–H groups in total. The summed E-state index contributed by atoms with van der Waals surface area (Å²) < 4.78 is 23.0. The molecule has 0 aliphatic carbocycles. The van der Waals surface area contributed by atoms with E-state index in [1.54, 1.807) is 24.3 Å². The second-order valence-electron chi connectivity index (χ2n) is 6.18. The molecule has 2 aromatic carbocycles. The Morgan fingerprint density at radius 2 is 1.63 bits per heavy atom. The first kappa shape index (κ1) is 21.2. The standard InChI is InChI=1S/C22H18FNO5S/c1-28-21(26)16-5-2-3-6-17(16)22(27)29-13-19(25)24-20(18-7-4-12-30-18)14-8-10-15(23)11-9-14/h2-12,20H,13H2,1H3,(H,24,25). The van der Waals surface area contributed by atoms with Gasteiger partial charge in [0.05, 0.1) is 24.3 Å². The predicted molar refractivity (Wildman–Crippen MR) is 109 cm³/mol. The molecule has 6 nitrogen and oxygen atoms in total.